The van der Waals surface area contributed by atoms with Gasteiger partial charge in [0.2, 0.25) is 0 Å². The quantitative estimate of drug-likeness (QED) is 0.300. The third-order valence-electron chi connectivity index (χ3n) is 5.39. The molecule has 0 saturated heterocycles. The fraction of sp³-hybridized carbons (Fsp3) is 0.143. The van der Waals surface area contributed by atoms with Crippen molar-refractivity contribution in [1.82, 2.24) is 0 Å². The average Bonchev–Trinajstić information content (AvgIpc) is 3.06. The van der Waals surface area contributed by atoms with Crippen LogP contribution in [0, 0.1) is 0 Å². The van der Waals surface area contributed by atoms with E-state index in [9.17, 15) is 0 Å². The molecular formula is C28H24O. The van der Waals surface area contributed by atoms with Gasteiger partial charge in [-0.2, -0.15) is 0 Å². The van der Waals surface area contributed by atoms with Gasteiger partial charge in [0, 0.05) is 10.8 Å². The summed E-state index contributed by atoms with van der Waals surface area (Å²) >= 11 is 0. The molecule has 0 fully saturated rings. The van der Waals surface area contributed by atoms with Gasteiger partial charge in [0.1, 0.15) is 11.2 Å². The highest BCUT2D eigenvalue weighted by molar-refractivity contribution is 6.26. The third kappa shape index (κ3) is 3.03. The van der Waals surface area contributed by atoms with Crippen molar-refractivity contribution >= 4 is 55.6 Å². The molecule has 1 heteroatoms. The molecule has 0 amide bonds. The highest BCUT2D eigenvalue weighted by atomic mass is 16.3. The molecule has 0 atom stereocenters. The number of allylic oxidation sites excluding steroid dienone is 2. The summed E-state index contributed by atoms with van der Waals surface area (Å²) in [7, 11) is 0. The van der Waals surface area contributed by atoms with E-state index in [0.29, 0.717) is 0 Å². The highest BCUT2D eigenvalue weighted by Gasteiger charge is 2.13. The second-order valence-electron chi connectivity index (χ2n) is 8.38. The first-order valence-corrected chi connectivity index (χ1v) is 10.1. The van der Waals surface area contributed by atoms with Crippen LogP contribution in [0.2, 0.25) is 0 Å². The van der Waals surface area contributed by atoms with Crippen molar-refractivity contribution in [3.05, 3.63) is 82.9 Å². The standard InChI is InChI=1S/C28H24O/c1-17(2)13-19-5-9-23-21(15-19)7-11-25-27(23)28-24-10-6-20(14-18(3)4)16-22(24)8-12-26(28)29-25/h5-16H,1-4H3. The summed E-state index contributed by atoms with van der Waals surface area (Å²) in [6.45, 7) is 8.53. The number of furan rings is 1. The Morgan fingerprint density at radius 2 is 1.03 bits per heavy atom. The number of rotatable bonds is 2. The van der Waals surface area contributed by atoms with Gasteiger partial charge in [0.25, 0.3) is 0 Å². The second kappa shape index (κ2) is 6.63. The van der Waals surface area contributed by atoms with Gasteiger partial charge in [0.05, 0.1) is 0 Å². The van der Waals surface area contributed by atoms with Crippen LogP contribution in [0.5, 0.6) is 0 Å². The van der Waals surface area contributed by atoms with Gasteiger partial charge in [-0.3, -0.25) is 0 Å². The van der Waals surface area contributed by atoms with Gasteiger partial charge < -0.3 is 4.42 Å². The lowest BCUT2D eigenvalue weighted by molar-refractivity contribution is 0.669. The second-order valence-corrected chi connectivity index (χ2v) is 8.38. The Bertz CT molecular complexity index is 1350. The van der Waals surface area contributed by atoms with Crippen LogP contribution >= 0.6 is 0 Å². The molecule has 0 spiro atoms. The molecule has 0 N–H and O–H groups in total. The maximum absolute atomic E-state index is 6.23. The fourth-order valence-corrected chi connectivity index (χ4v) is 4.31. The zero-order chi connectivity index (χ0) is 20.1. The molecule has 1 heterocycles. The summed E-state index contributed by atoms with van der Waals surface area (Å²) in [6.07, 6.45) is 4.44. The maximum Gasteiger partial charge on any atom is 0.136 e. The number of benzene rings is 4. The molecule has 29 heavy (non-hydrogen) atoms. The summed E-state index contributed by atoms with van der Waals surface area (Å²) in [5, 5.41) is 7.39. The first kappa shape index (κ1) is 17.8. The Hall–Kier alpha value is -3.32. The Balaban J connectivity index is 1.86. The average molecular weight is 376 g/mol. The number of hydrogen-bond acceptors (Lipinski definition) is 1. The summed E-state index contributed by atoms with van der Waals surface area (Å²) < 4.78 is 6.23. The minimum Gasteiger partial charge on any atom is -0.456 e. The molecule has 0 bridgehead atoms. The van der Waals surface area contributed by atoms with Crippen molar-refractivity contribution in [2.45, 2.75) is 27.7 Å². The maximum atomic E-state index is 6.23. The Labute approximate surface area is 170 Å². The Morgan fingerprint density at radius 3 is 1.45 bits per heavy atom. The van der Waals surface area contributed by atoms with Crippen LogP contribution in [-0.2, 0) is 0 Å². The largest absolute Gasteiger partial charge is 0.456 e. The van der Waals surface area contributed by atoms with Crippen molar-refractivity contribution < 1.29 is 4.42 Å². The van der Waals surface area contributed by atoms with Crippen LogP contribution in [0.15, 0.2) is 76.2 Å². The molecule has 0 saturated carbocycles. The minimum absolute atomic E-state index is 0.948. The van der Waals surface area contributed by atoms with Crippen LogP contribution in [0.25, 0.3) is 55.6 Å². The molecule has 5 rings (SSSR count). The molecule has 5 aromatic rings. The lowest BCUT2D eigenvalue weighted by atomic mass is 9.97. The molecule has 1 aromatic heterocycles. The van der Waals surface area contributed by atoms with E-state index in [1.54, 1.807) is 0 Å². The van der Waals surface area contributed by atoms with Crippen molar-refractivity contribution in [2.75, 3.05) is 0 Å². The van der Waals surface area contributed by atoms with E-state index in [1.165, 1.54) is 54.6 Å². The van der Waals surface area contributed by atoms with Crippen molar-refractivity contribution in [3.8, 4) is 0 Å². The van der Waals surface area contributed by atoms with E-state index < -0.39 is 0 Å². The highest BCUT2D eigenvalue weighted by Crippen LogP contribution is 2.39. The van der Waals surface area contributed by atoms with Crippen molar-refractivity contribution in [1.29, 1.82) is 0 Å². The topological polar surface area (TPSA) is 13.1 Å². The fourth-order valence-electron chi connectivity index (χ4n) is 4.31. The molecule has 0 radical (unpaired) electrons. The molecule has 1 nitrogen and oxygen atoms in total. The summed E-state index contributed by atoms with van der Waals surface area (Å²) in [5.74, 6) is 0. The SMILES string of the molecule is CC(C)=Cc1ccc2c(ccc3oc4ccc5cc(C=C(C)C)ccc5c4c32)c1. The molecule has 0 aliphatic carbocycles. The molecule has 142 valence electrons. The third-order valence-corrected chi connectivity index (χ3v) is 5.39. The van der Waals surface area contributed by atoms with Crippen LogP contribution in [0.3, 0.4) is 0 Å². The predicted octanol–water partition coefficient (Wildman–Crippen LogP) is 8.74. The van der Waals surface area contributed by atoms with Gasteiger partial charge in [-0.05, 0) is 84.6 Å². The first-order chi connectivity index (χ1) is 14.0. The number of fused-ring (bicyclic) bond motifs is 7. The van der Waals surface area contributed by atoms with E-state index in [0.717, 1.165) is 11.2 Å². The van der Waals surface area contributed by atoms with E-state index in [-0.39, 0.29) is 0 Å². The van der Waals surface area contributed by atoms with E-state index in [1.807, 2.05) is 0 Å². The predicted molar refractivity (Wildman–Crippen MR) is 127 cm³/mol. The summed E-state index contributed by atoms with van der Waals surface area (Å²) in [4.78, 5) is 0. The molecule has 4 aromatic carbocycles. The van der Waals surface area contributed by atoms with Crippen LogP contribution in [-0.4, -0.2) is 0 Å². The normalized spacial score (nSPS) is 11.4. The monoisotopic (exact) mass is 376 g/mol. The van der Waals surface area contributed by atoms with Gasteiger partial charge >= 0.3 is 0 Å². The summed E-state index contributed by atoms with van der Waals surface area (Å²) in [5.41, 5.74) is 6.98. The lowest BCUT2D eigenvalue weighted by Crippen LogP contribution is -1.81. The van der Waals surface area contributed by atoms with Crippen molar-refractivity contribution in [2.24, 2.45) is 0 Å². The summed E-state index contributed by atoms with van der Waals surface area (Å²) in [6, 6.07) is 21.9. The smallest absolute Gasteiger partial charge is 0.136 e. The van der Waals surface area contributed by atoms with Gasteiger partial charge in [-0.25, -0.2) is 0 Å². The van der Waals surface area contributed by atoms with Crippen molar-refractivity contribution in [3.63, 3.8) is 0 Å². The zero-order valence-electron chi connectivity index (χ0n) is 17.3. The van der Waals surface area contributed by atoms with Gasteiger partial charge in [-0.15, -0.1) is 0 Å². The first-order valence-electron chi connectivity index (χ1n) is 10.1. The molecule has 0 aliphatic heterocycles. The Kier molecular flexibility index (Phi) is 4.06. The minimum atomic E-state index is 0.948. The van der Waals surface area contributed by atoms with Crippen LogP contribution in [0.1, 0.15) is 38.8 Å². The lowest BCUT2D eigenvalue weighted by Gasteiger charge is -2.05. The molecule has 0 unspecified atom stereocenters. The van der Waals surface area contributed by atoms with E-state index in [2.05, 4.69) is 101 Å². The Morgan fingerprint density at radius 1 is 0.586 bits per heavy atom. The van der Waals surface area contributed by atoms with Gasteiger partial charge in [0.15, 0.2) is 0 Å². The molecular weight excluding hydrogens is 352 g/mol. The van der Waals surface area contributed by atoms with Gasteiger partial charge in [-0.1, -0.05) is 59.7 Å². The van der Waals surface area contributed by atoms with E-state index in [4.69, 9.17) is 4.42 Å². The van der Waals surface area contributed by atoms with Crippen LogP contribution < -0.4 is 0 Å². The zero-order valence-corrected chi connectivity index (χ0v) is 17.3. The van der Waals surface area contributed by atoms with Crippen LogP contribution in [0.4, 0.5) is 0 Å². The van der Waals surface area contributed by atoms with E-state index >= 15 is 0 Å². The molecule has 0 aliphatic rings. The number of hydrogen-bond donors (Lipinski definition) is 0.